The van der Waals surface area contributed by atoms with E-state index in [1.165, 1.54) is 17.7 Å². The van der Waals surface area contributed by atoms with Crippen LogP contribution in [0, 0.1) is 5.82 Å². The summed E-state index contributed by atoms with van der Waals surface area (Å²) in [5.74, 6) is 1.64. The molecule has 2 aromatic carbocycles. The minimum absolute atomic E-state index is 0.0938. The number of piperazine rings is 1. The lowest BCUT2D eigenvalue weighted by Crippen LogP contribution is -2.49. The SMILES string of the molecule is CN(Cc1cccc(OCCN2CCN(C(=O)Cc3ccc(F)cc3)CC2)c1)Cc1ncc[nH]1. The van der Waals surface area contributed by atoms with Crippen LogP contribution in [0.1, 0.15) is 17.0 Å². The van der Waals surface area contributed by atoms with Crippen molar-refractivity contribution in [3.63, 3.8) is 0 Å². The van der Waals surface area contributed by atoms with Gasteiger partial charge in [0, 0.05) is 51.7 Å². The van der Waals surface area contributed by atoms with Gasteiger partial charge in [0.15, 0.2) is 0 Å². The largest absolute Gasteiger partial charge is 0.492 e. The molecule has 0 unspecified atom stereocenters. The normalized spacial score (nSPS) is 14.5. The van der Waals surface area contributed by atoms with Crippen LogP contribution < -0.4 is 4.74 Å². The Morgan fingerprint density at radius 1 is 1.09 bits per heavy atom. The van der Waals surface area contributed by atoms with Crippen LogP contribution >= 0.6 is 0 Å². The maximum absolute atomic E-state index is 13.0. The first kappa shape index (κ1) is 23.9. The third kappa shape index (κ3) is 7.13. The molecule has 1 aliphatic heterocycles. The molecule has 0 radical (unpaired) electrons. The van der Waals surface area contributed by atoms with Crippen molar-refractivity contribution < 1.29 is 13.9 Å². The summed E-state index contributed by atoms with van der Waals surface area (Å²) in [6.45, 7) is 6.07. The van der Waals surface area contributed by atoms with Gasteiger partial charge >= 0.3 is 0 Å². The van der Waals surface area contributed by atoms with Gasteiger partial charge in [0.1, 0.15) is 24.0 Å². The summed E-state index contributed by atoms with van der Waals surface area (Å²) in [7, 11) is 2.07. The Morgan fingerprint density at radius 3 is 2.62 bits per heavy atom. The number of rotatable bonds is 10. The summed E-state index contributed by atoms with van der Waals surface area (Å²) in [5.41, 5.74) is 2.04. The van der Waals surface area contributed by atoms with Gasteiger partial charge in [-0.3, -0.25) is 14.6 Å². The number of aromatic nitrogens is 2. The van der Waals surface area contributed by atoms with Crippen molar-refractivity contribution in [2.75, 3.05) is 46.4 Å². The van der Waals surface area contributed by atoms with E-state index in [1.54, 1.807) is 18.3 Å². The molecule has 2 heterocycles. The number of aromatic amines is 1. The third-order valence-corrected chi connectivity index (χ3v) is 6.00. The molecule has 3 aromatic rings. The zero-order valence-corrected chi connectivity index (χ0v) is 19.6. The van der Waals surface area contributed by atoms with E-state index in [0.29, 0.717) is 26.1 Å². The molecule has 1 N–H and O–H groups in total. The number of carbonyl (C=O) groups is 1. The quantitative estimate of drug-likeness (QED) is 0.499. The van der Waals surface area contributed by atoms with Crippen LogP contribution in [0.4, 0.5) is 4.39 Å². The lowest BCUT2D eigenvalue weighted by Gasteiger charge is -2.34. The first-order valence-electron chi connectivity index (χ1n) is 11.7. The Hall–Kier alpha value is -3.23. The fraction of sp³-hybridized carbons (Fsp3) is 0.385. The van der Waals surface area contributed by atoms with Crippen LogP contribution in [0.15, 0.2) is 60.9 Å². The van der Waals surface area contributed by atoms with Crippen molar-refractivity contribution in [2.45, 2.75) is 19.5 Å². The van der Waals surface area contributed by atoms with E-state index in [1.807, 2.05) is 23.2 Å². The van der Waals surface area contributed by atoms with E-state index in [2.05, 4.69) is 38.9 Å². The predicted molar refractivity (Wildman–Crippen MR) is 129 cm³/mol. The Labute approximate surface area is 200 Å². The molecule has 34 heavy (non-hydrogen) atoms. The summed E-state index contributed by atoms with van der Waals surface area (Å²) in [4.78, 5) is 26.4. The number of ether oxygens (including phenoxy) is 1. The molecule has 1 saturated heterocycles. The van der Waals surface area contributed by atoms with Gasteiger partial charge < -0.3 is 14.6 Å². The van der Waals surface area contributed by atoms with Crippen LogP contribution in [0.3, 0.4) is 0 Å². The number of benzene rings is 2. The van der Waals surface area contributed by atoms with Crippen molar-refractivity contribution in [2.24, 2.45) is 0 Å². The van der Waals surface area contributed by atoms with E-state index < -0.39 is 0 Å². The molecule has 0 saturated carbocycles. The Kier molecular flexibility index (Phi) is 8.27. The van der Waals surface area contributed by atoms with Crippen molar-refractivity contribution in [3.8, 4) is 5.75 Å². The fourth-order valence-electron chi connectivity index (χ4n) is 4.14. The van der Waals surface area contributed by atoms with Crippen molar-refractivity contribution in [1.29, 1.82) is 0 Å². The molecule has 1 amide bonds. The van der Waals surface area contributed by atoms with Crippen molar-refractivity contribution in [3.05, 3.63) is 83.7 Å². The third-order valence-electron chi connectivity index (χ3n) is 6.00. The average molecular weight is 466 g/mol. The summed E-state index contributed by atoms with van der Waals surface area (Å²) >= 11 is 0. The van der Waals surface area contributed by atoms with Gasteiger partial charge in [-0.2, -0.15) is 0 Å². The van der Waals surface area contributed by atoms with Crippen LogP contribution in [-0.4, -0.2) is 77.0 Å². The van der Waals surface area contributed by atoms with Gasteiger partial charge in [-0.15, -0.1) is 0 Å². The molecule has 0 atom stereocenters. The fourth-order valence-corrected chi connectivity index (χ4v) is 4.14. The van der Waals surface area contributed by atoms with E-state index in [-0.39, 0.29) is 11.7 Å². The molecule has 1 aliphatic rings. The second kappa shape index (κ2) is 11.8. The van der Waals surface area contributed by atoms with E-state index in [0.717, 1.165) is 49.9 Å². The van der Waals surface area contributed by atoms with E-state index in [9.17, 15) is 9.18 Å². The van der Waals surface area contributed by atoms with Gasteiger partial charge in [-0.05, 0) is 42.4 Å². The molecule has 1 fully saturated rings. The van der Waals surface area contributed by atoms with Crippen LogP contribution in [-0.2, 0) is 24.3 Å². The summed E-state index contributed by atoms with van der Waals surface area (Å²) in [6.07, 6.45) is 3.92. The second-order valence-corrected chi connectivity index (χ2v) is 8.73. The molecule has 8 heteroatoms. The monoisotopic (exact) mass is 465 g/mol. The van der Waals surface area contributed by atoms with Crippen molar-refractivity contribution >= 4 is 5.91 Å². The van der Waals surface area contributed by atoms with Gasteiger partial charge in [0.25, 0.3) is 0 Å². The predicted octanol–water partition coefficient (Wildman–Crippen LogP) is 2.95. The maximum atomic E-state index is 13.0. The number of halogens is 1. The number of imidazole rings is 1. The van der Waals surface area contributed by atoms with Crippen LogP contribution in [0.25, 0.3) is 0 Å². The lowest BCUT2D eigenvalue weighted by molar-refractivity contribution is -0.132. The lowest BCUT2D eigenvalue weighted by atomic mass is 10.1. The number of H-pyrrole nitrogens is 1. The minimum atomic E-state index is -0.281. The highest BCUT2D eigenvalue weighted by Gasteiger charge is 2.21. The van der Waals surface area contributed by atoms with E-state index >= 15 is 0 Å². The smallest absolute Gasteiger partial charge is 0.227 e. The van der Waals surface area contributed by atoms with Gasteiger partial charge in [-0.25, -0.2) is 9.37 Å². The summed E-state index contributed by atoms with van der Waals surface area (Å²) < 4.78 is 19.1. The van der Waals surface area contributed by atoms with Gasteiger partial charge in [0.2, 0.25) is 5.91 Å². The molecule has 0 bridgehead atoms. The standard InChI is InChI=1S/C26H32FN5O2/c1-30(20-25-28-9-10-29-25)19-22-3-2-4-24(17-22)34-16-15-31-11-13-32(14-12-31)26(33)18-21-5-7-23(27)8-6-21/h2-10,17H,11-16,18-20H2,1H3,(H,28,29). The highest BCUT2D eigenvalue weighted by Crippen LogP contribution is 2.16. The number of hydrogen-bond donors (Lipinski definition) is 1. The average Bonchev–Trinajstić information content (AvgIpc) is 3.34. The first-order chi connectivity index (χ1) is 16.5. The summed E-state index contributed by atoms with van der Waals surface area (Å²) in [5, 5.41) is 0. The molecular formula is C26H32FN5O2. The Bertz CT molecular complexity index is 1030. The molecule has 0 aliphatic carbocycles. The number of hydrogen-bond acceptors (Lipinski definition) is 5. The number of nitrogens with zero attached hydrogens (tertiary/aromatic N) is 4. The Morgan fingerprint density at radius 2 is 1.88 bits per heavy atom. The topological polar surface area (TPSA) is 64.7 Å². The number of carbonyl (C=O) groups excluding carboxylic acids is 1. The highest BCUT2D eigenvalue weighted by molar-refractivity contribution is 5.78. The van der Waals surface area contributed by atoms with E-state index in [4.69, 9.17) is 4.74 Å². The molecule has 7 nitrogen and oxygen atoms in total. The van der Waals surface area contributed by atoms with Crippen molar-refractivity contribution in [1.82, 2.24) is 24.7 Å². The van der Waals surface area contributed by atoms with Crippen LogP contribution in [0.2, 0.25) is 0 Å². The number of amides is 1. The first-order valence-corrected chi connectivity index (χ1v) is 11.7. The number of nitrogens with one attached hydrogen (secondary N) is 1. The van der Waals surface area contributed by atoms with Gasteiger partial charge in [0.05, 0.1) is 13.0 Å². The second-order valence-electron chi connectivity index (χ2n) is 8.73. The minimum Gasteiger partial charge on any atom is -0.492 e. The molecule has 4 rings (SSSR count). The zero-order chi connectivity index (χ0) is 23.8. The Balaban J connectivity index is 1.16. The van der Waals surface area contributed by atoms with Crippen LogP contribution in [0.5, 0.6) is 5.75 Å². The molecular weight excluding hydrogens is 433 g/mol. The summed E-state index contributed by atoms with van der Waals surface area (Å²) in [6, 6.07) is 14.3. The maximum Gasteiger partial charge on any atom is 0.227 e. The highest BCUT2D eigenvalue weighted by atomic mass is 19.1. The molecule has 180 valence electrons. The molecule has 0 spiro atoms. The zero-order valence-electron chi connectivity index (χ0n) is 19.6. The molecule has 1 aromatic heterocycles. The van der Waals surface area contributed by atoms with Gasteiger partial charge in [-0.1, -0.05) is 24.3 Å².